The number of benzene rings is 1. The van der Waals surface area contributed by atoms with Gasteiger partial charge in [-0.25, -0.2) is 4.39 Å². The maximum Gasteiger partial charge on any atom is 0.131 e. The molecule has 0 aliphatic heterocycles. The number of thioether (sulfide) groups is 1. The van der Waals surface area contributed by atoms with Crippen molar-refractivity contribution in [2.45, 2.75) is 31.4 Å². The fourth-order valence-corrected chi connectivity index (χ4v) is 1.89. The Bertz CT molecular complexity index is 299. The molecule has 1 aromatic rings. The summed E-state index contributed by atoms with van der Waals surface area (Å²) in [5.74, 6) is 0.584. The van der Waals surface area contributed by atoms with Crippen molar-refractivity contribution in [3.8, 4) is 0 Å². The Balaban J connectivity index is 2.76. The average molecular weight is 213 g/mol. The third-order valence-corrected chi connectivity index (χ3v) is 3.10. The van der Waals surface area contributed by atoms with Crippen LogP contribution >= 0.6 is 11.8 Å². The molecule has 0 bridgehead atoms. The second-order valence-corrected chi connectivity index (χ2v) is 5.02. The average Bonchev–Trinajstić information content (AvgIpc) is 2.16. The largest absolute Gasteiger partial charge is 0.326 e. The summed E-state index contributed by atoms with van der Waals surface area (Å²) in [6.45, 7) is 4.48. The van der Waals surface area contributed by atoms with E-state index in [0.29, 0.717) is 10.8 Å². The maximum atomic E-state index is 13.6. The number of nitrogens with two attached hydrogens (primary N) is 1. The van der Waals surface area contributed by atoms with Crippen LogP contribution in [-0.4, -0.2) is 5.25 Å². The highest BCUT2D eigenvalue weighted by Gasteiger charge is 2.07. The lowest BCUT2D eigenvalue weighted by Crippen LogP contribution is -2.02. The Morgan fingerprint density at radius 3 is 2.57 bits per heavy atom. The minimum Gasteiger partial charge on any atom is -0.326 e. The molecule has 14 heavy (non-hydrogen) atoms. The van der Waals surface area contributed by atoms with Gasteiger partial charge in [-0.2, -0.15) is 11.8 Å². The van der Waals surface area contributed by atoms with E-state index in [1.165, 1.54) is 0 Å². The van der Waals surface area contributed by atoms with E-state index in [-0.39, 0.29) is 12.4 Å². The van der Waals surface area contributed by atoms with Crippen LogP contribution in [0.3, 0.4) is 0 Å². The van der Waals surface area contributed by atoms with Crippen LogP contribution in [-0.2, 0) is 12.3 Å². The van der Waals surface area contributed by atoms with Crippen LogP contribution in [0, 0.1) is 5.82 Å². The highest BCUT2D eigenvalue weighted by Crippen LogP contribution is 2.21. The molecule has 1 nitrogen and oxygen atoms in total. The van der Waals surface area contributed by atoms with Crippen molar-refractivity contribution < 1.29 is 4.39 Å². The summed E-state index contributed by atoms with van der Waals surface area (Å²) in [6, 6.07) is 5.42. The van der Waals surface area contributed by atoms with Gasteiger partial charge in [0.2, 0.25) is 0 Å². The Hall–Kier alpha value is -0.540. The predicted molar refractivity (Wildman–Crippen MR) is 60.7 cm³/mol. The molecular formula is C11H16FNS. The van der Waals surface area contributed by atoms with Gasteiger partial charge in [0.25, 0.3) is 0 Å². The molecule has 0 aliphatic rings. The van der Waals surface area contributed by atoms with Gasteiger partial charge in [0.1, 0.15) is 5.82 Å². The van der Waals surface area contributed by atoms with E-state index < -0.39 is 0 Å². The first-order valence-electron chi connectivity index (χ1n) is 4.73. The fourth-order valence-electron chi connectivity index (χ4n) is 1.16. The molecule has 1 rings (SSSR count). The molecule has 0 atom stereocenters. The molecule has 0 spiro atoms. The molecule has 3 heteroatoms. The summed E-state index contributed by atoms with van der Waals surface area (Å²) in [7, 11) is 0. The topological polar surface area (TPSA) is 26.0 Å². The van der Waals surface area contributed by atoms with E-state index in [1.54, 1.807) is 17.8 Å². The summed E-state index contributed by atoms with van der Waals surface area (Å²) in [5, 5.41) is 0.524. The van der Waals surface area contributed by atoms with Crippen LogP contribution < -0.4 is 5.73 Å². The van der Waals surface area contributed by atoms with Gasteiger partial charge in [0.15, 0.2) is 0 Å². The quantitative estimate of drug-likeness (QED) is 0.832. The Morgan fingerprint density at radius 1 is 1.36 bits per heavy atom. The molecule has 0 amide bonds. The summed E-state index contributed by atoms with van der Waals surface area (Å²) < 4.78 is 13.6. The van der Waals surface area contributed by atoms with Gasteiger partial charge in [0, 0.05) is 17.9 Å². The van der Waals surface area contributed by atoms with Gasteiger partial charge < -0.3 is 5.73 Å². The SMILES string of the molecule is CC(C)SCc1cccc(CN)c1F. The monoisotopic (exact) mass is 213 g/mol. The first kappa shape index (κ1) is 11.5. The molecule has 0 aromatic heterocycles. The molecule has 0 fully saturated rings. The predicted octanol–water partition coefficient (Wildman–Crippen LogP) is 2.93. The molecule has 0 saturated heterocycles. The minimum atomic E-state index is -0.136. The van der Waals surface area contributed by atoms with Gasteiger partial charge in [-0.15, -0.1) is 0 Å². The maximum absolute atomic E-state index is 13.6. The molecule has 2 N–H and O–H groups in total. The second-order valence-electron chi connectivity index (χ2n) is 3.45. The smallest absolute Gasteiger partial charge is 0.131 e. The van der Waals surface area contributed by atoms with Crippen molar-refractivity contribution in [1.29, 1.82) is 0 Å². The lowest BCUT2D eigenvalue weighted by molar-refractivity contribution is 0.600. The zero-order chi connectivity index (χ0) is 10.6. The third kappa shape index (κ3) is 3.00. The van der Waals surface area contributed by atoms with E-state index in [9.17, 15) is 4.39 Å². The molecule has 0 heterocycles. The highest BCUT2D eigenvalue weighted by atomic mass is 32.2. The Morgan fingerprint density at radius 2 is 2.00 bits per heavy atom. The van der Waals surface area contributed by atoms with Gasteiger partial charge in [-0.1, -0.05) is 32.0 Å². The highest BCUT2D eigenvalue weighted by molar-refractivity contribution is 7.99. The van der Waals surface area contributed by atoms with E-state index in [4.69, 9.17) is 5.73 Å². The van der Waals surface area contributed by atoms with Crippen molar-refractivity contribution in [1.82, 2.24) is 0 Å². The van der Waals surface area contributed by atoms with Crippen LogP contribution in [0.2, 0.25) is 0 Å². The Labute approximate surface area is 88.9 Å². The molecule has 78 valence electrons. The van der Waals surface area contributed by atoms with Gasteiger partial charge in [-0.05, 0) is 10.8 Å². The first-order valence-corrected chi connectivity index (χ1v) is 5.78. The van der Waals surface area contributed by atoms with E-state index in [0.717, 1.165) is 11.3 Å². The summed E-state index contributed by atoms with van der Waals surface area (Å²) in [6.07, 6.45) is 0. The second kappa shape index (κ2) is 5.37. The van der Waals surface area contributed by atoms with E-state index in [2.05, 4.69) is 13.8 Å². The molecule has 0 saturated carbocycles. The van der Waals surface area contributed by atoms with Crippen molar-refractivity contribution in [2.75, 3.05) is 0 Å². The van der Waals surface area contributed by atoms with Crippen molar-refractivity contribution in [3.05, 3.63) is 35.1 Å². The van der Waals surface area contributed by atoms with E-state index in [1.807, 2.05) is 12.1 Å². The van der Waals surface area contributed by atoms with Crippen molar-refractivity contribution in [2.24, 2.45) is 5.73 Å². The number of hydrogen-bond donors (Lipinski definition) is 1. The third-order valence-electron chi connectivity index (χ3n) is 1.95. The number of hydrogen-bond acceptors (Lipinski definition) is 2. The zero-order valence-electron chi connectivity index (χ0n) is 8.59. The van der Waals surface area contributed by atoms with Crippen molar-refractivity contribution in [3.63, 3.8) is 0 Å². The van der Waals surface area contributed by atoms with Crippen LogP contribution in [0.15, 0.2) is 18.2 Å². The molecule has 0 unspecified atom stereocenters. The summed E-state index contributed by atoms with van der Waals surface area (Å²) >= 11 is 1.74. The van der Waals surface area contributed by atoms with Crippen LogP contribution in [0.4, 0.5) is 4.39 Å². The molecule has 0 radical (unpaired) electrons. The van der Waals surface area contributed by atoms with Crippen LogP contribution in [0.1, 0.15) is 25.0 Å². The summed E-state index contributed by atoms with van der Waals surface area (Å²) in [5.41, 5.74) is 6.79. The summed E-state index contributed by atoms with van der Waals surface area (Å²) in [4.78, 5) is 0. The first-order chi connectivity index (χ1) is 6.65. The van der Waals surface area contributed by atoms with E-state index >= 15 is 0 Å². The van der Waals surface area contributed by atoms with Gasteiger partial charge in [-0.3, -0.25) is 0 Å². The number of rotatable bonds is 4. The molecule has 0 aliphatic carbocycles. The fraction of sp³-hybridized carbons (Fsp3) is 0.455. The van der Waals surface area contributed by atoms with Crippen molar-refractivity contribution >= 4 is 11.8 Å². The number of halogens is 1. The lowest BCUT2D eigenvalue weighted by Gasteiger charge is -2.08. The minimum absolute atomic E-state index is 0.136. The van der Waals surface area contributed by atoms with Gasteiger partial charge >= 0.3 is 0 Å². The normalized spacial score (nSPS) is 10.9. The zero-order valence-corrected chi connectivity index (χ0v) is 9.40. The molecular weight excluding hydrogens is 197 g/mol. The standard InChI is InChI=1S/C11H16FNS/c1-8(2)14-7-10-5-3-4-9(6-13)11(10)12/h3-5,8H,6-7,13H2,1-2H3. The molecule has 1 aromatic carbocycles. The van der Waals surface area contributed by atoms with Crippen LogP contribution in [0.5, 0.6) is 0 Å². The van der Waals surface area contributed by atoms with Crippen LogP contribution in [0.25, 0.3) is 0 Å². The van der Waals surface area contributed by atoms with Gasteiger partial charge in [0.05, 0.1) is 0 Å². The Kier molecular flexibility index (Phi) is 4.42. The lowest BCUT2D eigenvalue weighted by atomic mass is 10.1.